The fourth-order valence-corrected chi connectivity index (χ4v) is 3.38. The van der Waals surface area contributed by atoms with Gasteiger partial charge in [-0.3, -0.25) is 0 Å². The molecule has 0 radical (unpaired) electrons. The Balaban J connectivity index is 1.88. The van der Waals surface area contributed by atoms with E-state index < -0.39 is 43.3 Å². The first kappa shape index (κ1) is 21.7. The van der Waals surface area contributed by atoms with Gasteiger partial charge in [0.25, 0.3) is 0 Å². The number of aryl methyl sites for hydroxylation is 1. The normalized spacial score (nSPS) is 27.1. The topological polar surface area (TPSA) is 152 Å². The van der Waals surface area contributed by atoms with Crippen LogP contribution in [-0.4, -0.2) is 67.2 Å². The van der Waals surface area contributed by atoms with Crippen molar-refractivity contribution in [3.8, 4) is 5.75 Å². The number of aromatic amines is 1. The minimum absolute atomic E-state index is 0.0867. The second-order valence-corrected chi connectivity index (χ2v) is 7.80. The van der Waals surface area contributed by atoms with Gasteiger partial charge in [0.1, 0.15) is 12.2 Å². The molecule has 1 aromatic heterocycles. The minimum atomic E-state index is -2.47. The van der Waals surface area contributed by atoms with Gasteiger partial charge >= 0.3 is 5.97 Å². The second-order valence-electron chi connectivity index (χ2n) is 7.80. The summed E-state index contributed by atoms with van der Waals surface area (Å²) in [6, 6.07) is 5.65. The van der Waals surface area contributed by atoms with Crippen molar-refractivity contribution < 1.29 is 39.8 Å². The number of benzene rings is 1. The summed E-state index contributed by atoms with van der Waals surface area (Å²) in [5.74, 6) is -2.92. The van der Waals surface area contributed by atoms with E-state index in [-0.39, 0.29) is 11.4 Å². The van der Waals surface area contributed by atoms with Crippen LogP contribution in [0.4, 0.5) is 0 Å². The van der Waals surface area contributed by atoms with Crippen LogP contribution >= 0.6 is 0 Å². The average Bonchev–Trinajstić information content (AvgIpc) is 3.16. The summed E-state index contributed by atoms with van der Waals surface area (Å²) in [5.41, 5.74) is 1.96. The maximum atomic E-state index is 12.6. The standard InChI is InChI=1S/C20H27NO8/c1-10(2)3-4-11-5-6-13-12(7-11)16(14(8-22)21-13)28-19(26)17-15(24)18(25)20(27,9-23)29-17/h5-7,10,15,17-18,21-25,27H,3-4,8-9H2,1-2H3. The Morgan fingerprint density at radius 3 is 2.62 bits per heavy atom. The van der Waals surface area contributed by atoms with Crippen molar-refractivity contribution in [3.63, 3.8) is 0 Å². The van der Waals surface area contributed by atoms with E-state index in [9.17, 15) is 30.3 Å². The highest BCUT2D eigenvalue weighted by atomic mass is 16.7. The van der Waals surface area contributed by atoms with Gasteiger partial charge in [0.15, 0.2) is 11.9 Å². The molecule has 4 unspecified atom stereocenters. The zero-order chi connectivity index (χ0) is 21.3. The number of fused-ring (bicyclic) bond motifs is 1. The van der Waals surface area contributed by atoms with Crippen LogP contribution in [0, 0.1) is 5.92 Å². The Hall–Kier alpha value is -2.01. The largest absolute Gasteiger partial charge is 0.422 e. The summed E-state index contributed by atoms with van der Waals surface area (Å²) in [6.07, 6.45) is -3.56. The first-order chi connectivity index (χ1) is 13.7. The quantitative estimate of drug-likeness (QED) is 0.348. The molecule has 1 aromatic carbocycles. The van der Waals surface area contributed by atoms with Crippen LogP contribution in [0.5, 0.6) is 5.75 Å². The number of carbonyl (C=O) groups excluding carboxylic acids is 1. The number of carbonyl (C=O) groups is 1. The van der Waals surface area contributed by atoms with Gasteiger partial charge in [0, 0.05) is 10.9 Å². The van der Waals surface area contributed by atoms with E-state index in [2.05, 4.69) is 18.8 Å². The molecule has 0 bridgehead atoms. The molecule has 9 heteroatoms. The number of H-pyrrole nitrogens is 1. The molecule has 1 aliphatic rings. The Bertz CT molecular complexity index is 879. The van der Waals surface area contributed by atoms with Gasteiger partial charge in [-0.25, -0.2) is 4.79 Å². The summed E-state index contributed by atoms with van der Waals surface area (Å²) in [5, 5.41) is 49.2. The first-order valence-electron chi connectivity index (χ1n) is 9.53. The molecular formula is C20H27NO8. The van der Waals surface area contributed by atoms with Crippen LogP contribution in [0.25, 0.3) is 10.9 Å². The fraction of sp³-hybridized carbons (Fsp3) is 0.550. The summed E-state index contributed by atoms with van der Waals surface area (Å²) in [6.45, 7) is 2.82. The Morgan fingerprint density at radius 2 is 2.03 bits per heavy atom. The summed E-state index contributed by atoms with van der Waals surface area (Å²) < 4.78 is 10.4. The molecule has 160 valence electrons. The number of hydrogen-bond donors (Lipinski definition) is 6. The molecule has 0 spiro atoms. The zero-order valence-electron chi connectivity index (χ0n) is 16.3. The van der Waals surface area contributed by atoms with Crippen molar-refractivity contribution in [3.05, 3.63) is 29.5 Å². The Morgan fingerprint density at radius 1 is 1.31 bits per heavy atom. The van der Waals surface area contributed by atoms with E-state index in [1.54, 1.807) is 0 Å². The number of aliphatic hydroxyl groups excluding tert-OH is 4. The Kier molecular flexibility index (Phi) is 6.27. The number of rotatable bonds is 7. The number of aliphatic hydroxyl groups is 5. The summed E-state index contributed by atoms with van der Waals surface area (Å²) in [7, 11) is 0. The number of nitrogens with one attached hydrogen (secondary N) is 1. The molecule has 0 aliphatic carbocycles. The van der Waals surface area contributed by atoms with Crippen molar-refractivity contribution >= 4 is 16.9 Å². The van der Waals surface area contributed by atoms with Crippen LogP contribution in [0.1, 0.15) is 31.5 Å². The monoisotopic (exact) mass is 409 g/mol. The summed E-state index contributed by atoms with van der Waals surface area (Å²) in [4.78, 5) is 15.6. The van der Waals surface area contributed by atoms with Crippen LogP contribution in [0.3, 0.4) is 0 Å². The molecule has 2 aromatic rings. The fourth-order valence-electron chi connectivity index (χ4n) is 3.38. The van der Waals surface area contributed by atoms with Crippen molar-refractivity contribution in [2.24, 2.45) is 5.92 Å². The maximum Gasteiger partial charge on any atom is 0.343 e. The average molecular weight is 409 g/mol. The van der Waals surface area contributed by atoms with Crippen LogP contribution in [0.2, 0.25) is 0 Å². The molecule has 0 amide bonds. The Labute approximate surface area is 167 Å². The number of hydrogen-bond acceptors (Lipinski definition) is 8. The molecule has 1 fully saturated rings. The number of esters is 1. The van der Waals surface area contributed by atoms with Gasteiger partial charge in [0.05, 0.1) is 18.9 Å². The lowest BCUT2D eigenvalue weighted by molar-refractivity contribution is -0.246. The van der Waals surface area contributed by atoms with Gasteiger partial charge in [0.2, 0.25) is 5.79 Å². The van der Waals surface area contributed by atoms with Gasteiger partial charge in [-0.15, -0.1) is 0 Å². The van der Waals surface area contributed by atoms with Crippen molar-refractivity contribution in [1.29, 1.82) is 0 Å². The van der Waals surface area contributed by atoms with Crippen molar-refractivity contribution in [2.45, 2.75) is 57.4 Å². The molecule has 29 heavy (non-hydrogen) atoms. The zero-order valence-corrected chi connectivity index (χ0v) is 16.3. The molecule has 6 N–H and O–H groups in total. The van der Waals surface area contributed by atoms with Crippen molar-refractivity contribution in [1.82, 2.24) is 4.98 Å². The van der Waals surface area contributed by atoms with Gasteiger partial charge in [-0.05, 0) is 36.5 Å². The molecule has 0 saturated carbocycles. The third-order valence-corrected chi connectivity index (χ3v) is 5.15. The molecule has 4 atom stereocenters. The molecule has 3 rings (SSSR count). The predicted octanol–water partition coefficient (Wildman–Crippen LogP) is -0.0443. The second kappa shape index (κ2) is 8.39. The molecule has 2 heterocycles. The van der Waals surface area contributed by atoms with E-state index in [1.807, 2.05) is 18.2 Å². The third-order valence-electron chi connectivity index (χ3n) is 5.15. The van der Waals surface area contributed by atoms with E-state index in [4.69, 9.17) is 9.47 Å². The maximum absolute atomic E-state index is 12.6. The summed E-state index contributed by atoms with van der Waals surface area (Å²) >= 11 is 0. The number of aromatic nitrogens is 1. The van der Waals surface area contributed by atoms with Crippen LogP contribution < -0.4 is 4.74 Å². The van der Waals surface area contributed by atoms with Gasteiger partial charge in [-0.2, -0.15) is 0 Å². The lowest BCUT2D eigenvalue weighted by Crippen LogP contribution is -2.46. The minimum Gasteiger partial charge on any atom is -0.422 e. The molecule has 1 aliphatic heterocycles. The van der Waals surface area contributed by atoms with Gasteiger partial charge in [-0.1, -0.05) is 19.9 Å². The lowest BCUT2D eigenvalue weighted by atomic mass is 10.0. The smallest absolute Gasteiger partial charge is 0.343 e. The van der Waals surface area contributed by atoms with E-state index in [1.165, 1.54) is 0 Å². The number of ether oxygens (including phenoxy) is 2. The van der Waals surface area contributed by atoms with E-state index >= 15 is 0 Å². The lowest BCUT2D eigenvalue weighted by Gasteiger charge is -2.22. The molecule has 9 nitrogen and oxygen atoms in total. The van der Waals surface area contributed by atoms with E-state index in [0.717, 1.165) is 18.4 Å². The SMILES string of the molecule is CC(C)CCc1ccc2[nH]c(CO)c(OC(=O)C3OC(O)(CO)C(O)C3O)c2c1. The highest BCUT2D eigenvalue weighted by molar-refractivity contribution is 5.91. The highest BCUT2D eigenvalue weighted by Gasteiger charge is 2.56. The van der Waals surface area contributed by atoms with E-state index in [0.29, 0.717) is 16.8 Å². The highest BCUT2D eigenvalue weighted by Crippen LogP contribution is 2.34. The van der Waals surface area contributed by atoms with Crippen molar-refractivity contribution in [2.75, 3.05) is 6.61 Å². The van der Waals surface area contributed by atoms with Gasteiger partial charge < -0.3 is 40.0 Å². The van der Waals surface area contributed by atoms with Crippen LogP contribution in [-0.2, 0) is 22.6 Å². The first-order valence-corrected chi connectivity index (χ1v) is 9.53. The predicted molar refractivity (Wildman–Crippen MR) is 102 cm³/mol. The molecule has 1 saturated heterocycles. The van der Waals surface area contributed by atoms with Crippen LogP contribution in [0.15, 0.2) is 18.2 Å². The third kappa shape index (κ3) is 4.16. The molecular weight excluding hydrogens is 382 g/mol.